The molecule has 0 saturated heterocycles. The molecule has 0 radical (unpaired) electrons. The highest BCUT2D eigenvalue weighted by Gasteiger charge is 2.24. The van der Waals surface area contributed by atoms with E-state index >= 15 is 0 Å². The molecule has 19 heavy (non-hydrogen) atoms. The average Bonchev–Trinajstić information content (AvgIpc) is 2.36. The molecule has 1 rings (SSSR count). The largest absolute Gasteiger partial charge is 0.326 e. The summed E-state index contributed by atoms with van der Waals surface area (Å²) in [6, 6.07) is 12.8. The van der Waals surface area contributed by atoms with Gasteiger partial charge in [-0.05, 0) is 18.4 Å². The Morgan fingerprint density at radius 1 is 1.21 bits per heavy atom. The zero-order chi connectivity index (χ0) is 14.3. The maximum atomic E-state index is 8.83. The van der Waals surface area contributed by atoms with Crippen molar-refractivity contribution in [3.05, 3.63) is 35.9 Å². The Labute approximate surface area is 117 Å². The molecular formula is C16H25N3. The predicted octanol–water partition coefficient (Wildman–Crippen LogP) is 2.95. The summed E-state index contributed by atoms with van der Waals surface area (Å²) in [6.45, 7) is 8.17. The minimum absolute atomic E-state index is 0.0415. The molecule has 2 N–H and O–H groups in total. The summed E-state index contributed by atoms with van der Waals surface area (Å²) in [7, 11) is 0. The molecule has 0 fully saturated rings. The first kappa shape index (κ1) is 15.7. The van der Waals surface area contributed by atoms with Crippen LogP contribution in [-0.4, -0.2) is 24.0 Å². The van der Waals surface area contributed by atoms with Crippen LogP contribution >= 0.6 is 0 Å². The van der Waals surface area contributed by atoms with Crippen LogP contribution in [0.15, 0.2) is 30.3 Å². The number of rotatable bonds is 7. The summed E-state index contributed by atoms with van der Waals surface area (Å²) >= 11 is 0. The fourth-order valence-corrected chi connectivity index (χ4v) is 2.50. The molecule has 0 aliphatic heterocycles. The van der Waals surface area contributed by atoms with Gasteiger partial charge in [0, 0.05) is 31.6 Å². The van der Waals surface area contributed by atoms with E-state index in [0.717, 1.165) is 13.1 Å². The lowest BCUT2D eigenvalue weighted by molar-refractivity contribution is 0.160. The normalized spacial score (nSPS) is 14.4. The van der Waals surface area contributed by atoms with E-state index in [-0.39, 0.29) is 12.1 Å². The molecule has 0 aliphatic rings. The van der Waals surface area contributed by atoms with Crippen molar-refractivity contribution in [2.45, 2.75) is 39.3 Å². The molecule has 3 nitrogen and oxygen atoms in total. The standard InChI is InChI=1S/C16H25N3/c1-13(2)12-19(11-7-10-17)16(14(3)18)15-8-5-4-6-9-15/h4-6,8-9,13-14,16H,7,11-12,18H2,1-3H3. The van der Waals surface area contributed by atoms with E-state index in [0.29, 0.717) is 12.3 Å². The van der Waals surface area contributed by atoms with Gasteiger partial charge in [-0.25, -0.2) is 0 Å². The van der Waals surface area contributed by atoms with Gasteiger partial charge >= 0.3 is 0 Å². The van der Waals surface area contributed by atoms with Crippen molar-refractivity contribution >= 4 is 0 Å². The summed E-state index contributed by atoms with van der Waals surface area (Å²) in [5, 5.41) is 8.83. The molecule has 3 heteroatoms. The van der Waals surface area contributed by atoms with Crippen LogP contribution in [0.25, 0.3) is 0 Å². The topological polar surface area (TPSA) is 53.0 Å². The molecule has 0 amide bonds. The molecule has 0 aromatic heterocycles. The Hall–Kier alpha value is -1.37. The highest BCUT2D eigenvalue weighted by molar-refractivity contribution is 5.20. The van der Waals surface area contributed by atoms with E-state index in [1.165, 1.54) is 5.56 Å². The van der Waals surface area contributed by atoms with Crippen molar-refractivity contribution in [2.75, 3.05) is 13.1 Å². The van der Waals surface area contributed by atoms with E-state index < -0.39 is 0 Å². The highest BCUT2D eigenvalue weighted by atomic mass is 15.2. The van der Waals surface area contributed by atoms with Gasteiger partial charge in [-0.3, -0.25) is 4.90 Å². The Kier molecular flexibility index (Phi) is 6.55. The summed E-state index contributed by atoms with van der Waals surface area (Å²) in [4.78, 5) is 2.34. The van der Waals surface area contributed by atoms with Crippen molar-refractivity contribution in [2.24, 2.45) is 11.7 Å². The maximum absolute atomic E-state index is 8.83. The van der Waals surface area contributed by atoms with Gasteiger partial charge in [-0.2, -0.15) is 5.26 Å². The fourth-order valence-electron chi connectivity index (χ4n) is 2.50. The van der Waals surface area contributed by atoms with Gasteiger partial charge in [-0.15, -0.1) is 0 Å². The molecular weight excluding hydrogens is 234 g/mol. The lowest BCUT2D eigenvalue weighted by Crippen LogP contribution is -2.41. The monoisotopic (exact) mass is 259 g/mol. The van der Waals surface area contributed by atoms with Crippen LogP contribution in [0.4, 0.5) is 0 Å². The van der Waals surface area contributed by atoms with E-state index in [2.05, 4.69) is 36.9 Å². The van der Waals surface area contributed by atoms with E-state index in [1.807, 2.05) is 25.1 Å². The number of nitrogens with two attached hydrogens (primary N) is 1. The lowest BCUT2D eigenvalue weighted by atomic mass is 9.98. The number of nitriles is 1. The van der Waals surface area contributed by atoms with Gasteiger partial charge in [-0.1, -0.05) is 44.2 Å². The quantitative estimate of drug-likeness (QED) is 0.819. The second-order valence-corrected chi connectivity index (χ2v) is 5.51. The van der Waals surface area contributed by atoms with E-state index in [1.54, 1.807) is 0 Å². The molecule has 0 spiro atoms. The minimum Gasteiger partial charge on any atom is -0.326 e. The third-order valence-corrected chi connectivity index (χ3v) is 3.14. The summed E-state index contributed by atoms with van der Waals surface area (Å²) in [5.41, 5.74) is 7.42. The lowest BCUT2D eigenvalue weighted by Gasteiger charge is -2.35. The van der Waals surface area contributed by atoms with Crippen LogP contribution in [0.2, 0.25) is 0 Å². The average molecular weight is 259 g/mol. The smallest absolute Gasteiger partial charge is 0.0635 e. The van der Waals surface area contributed by atoms with Crippen LogP contribution in [0, 0.1) is 17.2 Å². The molecule has 0 heterocycles. The molecule has 2 atom stereocenters. The Bertz CT molecular complexity index is 392. The fraction of sp³-hybridized carbons (Fsp3) is 0.562. The van der Waals surface area contributed by atoms with Crippen molar-refractivity contribution < 1.29 is 0 Å². The third kappa shape index (κ3) is 5.02. The van der Waals surface area contributed by atoms with Crippen molar-refractivity contribution in [1.82, 2.24) is 4.90 Å². The maximum Gasteiger partial charge on any atom is 0.0635 e. The van der Waals surface area contributed by atoms with Crippen molar-refractivity contribution in [1.29, 1.82) is 5.26 Å². The first-order valence-electron chi connectivity index (χ1n) is 6.97. The number of nitrogens with zero attached hydrogens (tertiary/aromatic N) is 2. The summed E-state index contributed by atoms with van der Waals surface area (Å²) in [5.74, 6) is 0.559. The molecule has 0 saturated carbocycles. The first-order valence-corrected chi connectivity index (χ1v) is 6.97. The first-order chi connectivity index (χ1) is 9.06. The number of hydrogen-bond acceptors (Lipinski definition) is 3. The summed E-state index contributed by atoms with van der Waals surface area (Å²) in [6.07, 6.45) is 0.544. The molecule has 0 aliphatic carbocycles. The van der Waals surface area contributed by atoms with E-state index in [4.69, 9.17) is 11.0 Å². The Morgan fingerprint density at radius 2 is 1.84 bits per heavy atom. The van der Waals surface area contributed by atoms with Crippen LogP contribution < -0.4 is 5.73 Å². The van der Waals surface area contributed by atoms with Gasteiger partial charge in [0.1, 0.15) is 0 Å². The molecule has 1 aromatic carbocycles. The summed E-state index contributed by atoms with van der Waals surface area (Å²) < 4.78 is 0. The minimum atomic E-state index is 0.0415. The van der Waals surface area contributed by atoms with Crippen LogP contribution in [0.3, 0.4) is 0 Å². The zero-order valence-electron chi connectivity index (χ0n) is 12.2. The van der Waals surface area contributed by atoms with Gasteiger partial charge < -0.3 is 5.73 Å². The predicted molar refractivity (Wildman–Crippen MR) is 79.5 cm³/mol. The number of benzene rings is 1. The van der Waals surface area contributed by atoms with Gasteiger partial charge in [0.05, 0.1) is 6.07 Å². The molecule has 2 unspecified atom stereocenters. The SMILES string of the molecule is CC(C)CN(CCC#N)C(c1ccccc1)C(C)N. The third-order valence-electron chi connectivity index (χ3n) is 3.14. The van der Waals surface area contributed by atoms with Gasteiger partial charge in [0.15, 0.2) is 0 Å². The van der Waals surface area contributed by atoms with Crippen LogP contribution in [0.1, 0.15) is 38.8 Å². The molecule has 104 valence electrons. The highest BCUT2D eigenvalue weighted by Crippen LogP contribution is 2.24. The Morgan fingerprint density at radius 3 is 2.32 bits per heavy atom. The number of hydrogen-bond donors (Lipinski definition) is 1. The molecule has 0 bridgehead atoms. The zero-order valence-corrected chi connectivity index (χ0v) is 12.2. The molecule has 1 aromatic rings. The second-order valence-electron chi connectivity index (χ2n) is 5.51. The Balaban J connectivity index is 2.95. The van der Waals surface area contributed by atoms with Crippen LogP contribution in [-0.2, 0) is 0 Å². The van der Waals surface area contributed by atoms with Crippen molar-refractivity contribution in [3.63, 3.8) is 0 Å². The van der Waals surface area contributed by atoms with Crippen LogP contribution in [0.5, 0.6) is 0 Å². The second kappa shape index (κ2) is 7.93. The van der Waals surface area contributed by atoms with Gasteiger partial charge in [0.2, 0.25) is 0 Å². The van der Waals surface area contributed by atoms with E-state index in [9.17, 15) is 0 Å². The van der Waals surface area contributed by atoms with Gasteiger partial charge in [0.25, 0.3) is 0 Å². The van der Waals surface area contributed by atoms with Crippen molar-refractivity contribution in [3.8, 4) is 6.07 Å².